The highest BCUT2D eigenvalue weighted by molar-refractivity contribution is 5.31. The van der Waals surface area contributed by atoms with Crippen molar-refractivity contribution in [1.29, 1.82) is 0 Å². The lowest BCUT2D eigenvalue weighted by atomic mass is 9.77. The molecular weight excluding hydrogens is 454 g/mol. The van der Waals surface area contributed by atoms with Gasteiger partial charge >= 0.3 is 0 Å². The van der Waals surface area contributed by atoms with Crippen LogP contribution < -0.4 is 5.32 Å². The van der Waals surface area contributed by atoms with Crippen LogP contribution in [0, 0.1) is 19.8 Å². The summed E-state index contributed by atoms with van der Waals surface area (Å²) in [5.74, 6) is 0.844. The van der Waals surface area contributed by atoms with E-state index in [0.29, 0.717) is 12.1 Å². The predicted molar refractivity (Wildman–Crippen MR) is 154 cm³/mol. The Morgan fingerprint density at radius 2 is 1.59 bits per heavy atom. The van der Waals surface area contributed by atoms with Crippen molar-refractivity contribution in [1.82, 2.24) is 24.9 Å². The van der Waals surface area contributed by atoms with Crippen LogP contribution in [0.1, 0.15) is 120 Å². The van der Waals surface area contributed by atoms with Gasteiger partial charge in [0, 0.05) is 48.8 Å². The molecule has 0 radical (unpaired) electrons. The van der Waals surface area contributed by atoms with E-state index in [1.165, 1.54) is 99.0 Å². The highest BCUT2D eigenvalue weighted by atomic mass is 15.3. The quantitative estimate of drug-likeness (QED) is 0.430. The van der Waals surface area contributed by atoms with E-state index in [0.717, 1.165) is 51.4 Å². The van der Waals surface area contributed by atoms with Crippen molar-refractivity contribution in [2.24, 2.45) is 5.92 Å². The summed E-state index contributed by atoms with van der Waals surface area (Å²) in [4.78, 5) is 5.36. The van der Waals surface area contributed by atoms with Crippen molar-refractivity contribution in [2.45, 2.75) is 135 Å². The lowest BCUT2D eigenvalue weighted by Gasteiger charge is -2.57. The number of aryl methyl sites for hydroxylation is 1. The summed E-state index contributed by atoms with van der Waals surface area (Å²) in [6, 6.07) is 0.972. The Balaban J connectivity index is 1.25. The Hall–Kier alpha value is -1.75. The summed E-state index contributed by atoms with van der Waals surface area (Å²) < 4.78 is 2.38. The number of piperazine rings is 1. The van der Waals surface area contributed by atoms with Crippen molar-refractivity contribution in [3.05, 3.63) is 41.5 Å². The van der Waals surface area contributed by atoms with E-state index in [9.17, 15) is 0 Å². The Bertz CT molecular complexity index is 941. The van der Waals surface area contributed by atoms with Crippen LogP contribution in [-0.2, 0) is 6.54 Å². The van der Waals surface area contributed by atoms with E-state index in [2.05, 4.69) is 47.1 Å². The average molecular weight is 508 g/mol. The number of hydrogen-bond acceptors (Lipinski definition) is 4. The van der Waals surface area contributed by atoms with Gasteiger partial charge in [0.1, 0.15) is 0 Å². The van der Waals surface area contributed by atoms with E-state index in [1.807, 2.05) is 0 Å². The average Bonchev–Trinajstić information content (AvgIpc) is 3.20. The molecule has 1 atom stereocenters. The minimum absolute atomic E-state index is 0.0169. The molecule has 0 amide bonds. The molecule has 2 saturated heterocycles. The fraction of sp³-hybridized carbons (Fsp3) is 0.781. The zero-order chi connectivity index (χ0) is 26.0. The van der Waals surface area contributed by atoms with Crippen LogP contribution in [0.5, 0.6) is 0 Å². The summed E-state index contributed by atoms with van der Waals surface area (Å²) >= 11 is 0. The van der Waals surface area contributed by atoms with Gasteiger partial charge in [-0.3, -0.25) is 9.58 Å². The zero-order valence-corrected chi connectivity index (χ0v) is 24.2. The van der Waals surface area contributed by atoms with Gasteiger partial charge in [0.15, 0.2) is 0 Å². The lowest BCUT2D eigenvalue weighted by molar-refractivity contribution is 0.0396. The molecule has 5 heteroatoms. The molecule has 3 heterocycles. The van der Waals surface area contributed by atoms with Gasteiger partial charge in [-0.1, -0.05) is 71.4 Å². The number of nitrogens with zero attached hydrogens (tertiary/aromatic N) is 4. The van der Waals surface area contributed by atoms with E-state index < -0.39 is 0 Å². The van der Waals surface area contributed by atoms with Gasteiger partial charge < -0.3 is 10.2 Å². The second-order valence-corrected chi connectivity index (χ2v) is 12.8. The fourth-order valence-corrected chi connectivity index (χ4v) is 8.07. The molecule has 5 nitrogen and oxygen atoms in total. The van der Waals surface area contributed by atoms with Gasteiger partial charge in [-0.15, -0.1) is 0 Å². The van der Waals surface area contributed by atoms with Crippen LogP contribution >= 0.6 is 0 Å². The first-order valence-corrected chi connectivity index (χ1v) is 15.6. The maximum Gasteiger partial charge on any atom is 0.0814 e. The number of aromatic nitrogens is 2. The maximum atomic E-state index is 5.04. The van der Waals surface area contributed by atoms with Crippen LogP contribution in [0.2, 0.25) is 0 Å². The zero-order valence-electron chi connectivity index (χ0n) is 24.2. The largest absolute Gasteiger partial charge is 0.379 e. The summed E-state index contributed by atoms with van der Waals surface area (Å²) in [5, 5.41) is 8.96. The number of likely N-dealkylation sites (tertiary alicyclic amines) is 1. The molecule has 2 aliphatic carbocycles. The Morgan fingerprint density at radius 1 is 0.946 bits per heavy atom. The molecule has 2 saturated carbocycles. The summed E-state index contributed by atoms with van der Waals surface area (Å²) in [7, 11) is 0. The number of nitrogens with one attached hydrogen (secondary N) is 1. The first kappa shape index (κ1) is 26.8. The molecule has 4 aliphatic rings. The molecule has 1 aromatic heterocycles. The molecule has 1 N–H and O–H groups in total. The van der Waals surface area contributed by atoms with Gasteiger partial charge in [-0.25, -0.2) is 0 Å². The highest BCUT2D eigenvalue weighted by Crippen LogP contribution is 2.43. The van der Waals surface area contributed by atoms with Gasteiger partial charge in [0.25, 0.3) is 0 Å². The molecule has 37 heavy (non-hydrogen) atoms. The molecule has 0 unspecified atom stereocenters. The van der Waals surface area contributed by atoms with Gasteiger partial charge in [-0.2, -0.15) is 5.10 Å². The maximum absolute atomic E-state index is 5.04. The minimum Gasteiger partial charge on any atom is -0.379 e. The molecule has 0 bridgehead atoms. The third-order valence-corrected chi connectivity index (χ3v) is 10.4. The standard InChI is InChI=1S/C32H53N5/c1-6-19-36-26(4)31(22-28-13-9-7-10-14-28)33-27(5)32(36)17-20-35(21-18-32)23-30-24(2)34-37(25(30)3)29-15-11-8-12-16-29/h28-29,31,33H,4-23H2,1-3H3/t31-/m0/s1. The number of rotatable bonds is 7. The number of hydrogen-bond donors (Lipinski definition) is 1. The lowest BCUT2D eigenvalue weighted by Crippen LogP contribution is -2.64. The smallest absolute Gasteiger partial charge is 0.0814 e. The van der Waals surface area contributed by atoms with E-state index >= 15 is 0 Å². The van der Waals surface area contributed by atoms with Crippen molar-refractivity contribution in [3.63, 3.8) is 0 Å². The van der Waals surface area contributed by atoms with Crippen LogP contribution in [0.25, 0.3) is 0 Å². The molecule has 5 rings (SSSR count). The van der Waals surface area contributed by atoms with Gasteiger partial charge in [-0.05, 0) is 58.3 Å². The minimum atomic E-state index is 0.0169. The first-order chi connectivity index (χ1) is 17.9. The van der Waals surface area contributed by atoms with Gasteiger partial charge in [0.2, 0.25) is 0 Å². The van der Waals surface area contributed by atoms with Crippen LogP contribution in [0.15, 0.2) is 24.6 Å². The van der Waals surface area contributed by atoms with Crippen molar-refractivity contribution >= 4 is 0 Å². The van der Waals surface area contributed by atoms with Crippen molar-refractivity contribution in [2.75, 3.05) is 19.6 Å². The van der Waals surface area contributed by atoms with Crippen LogP contribution in [-0.4, -0.2) is 50.8 Å². The predicted octanol–water partition coefficient (Wildman–Crippen LogP) is 7.02. The molecule has 2 aliphatic heterocycles. The normalized spacial score (nSPS) is 26.1. The third-order valence-electron chi connectivity index (χ3n) is 10.4. The number of piperidine rings is 1. The van der Waals surface area contributed by atoms with E-state index in [1.54, 1.807) is 0 Å². The summed E-state index contributed by atoms with van der Waals surface area (Å²) in [6.45, 7) is 20.5. The second kappa shape index (κ2) is 11.6. The highest BCUT2D eigenvalue weighted by Gasteiger charge is 2.47. The Kier molecular flexibility index (Phi) is 8.38. The van der Waals surface area contributed by atoms with Crippen molar-refractivity contribution < 1.29 is 0 Å². The van der Waals surface area contributed by atoms with Crippen molar-refractivity contribution in [3.8, 4) is 0 Å². The molecule has 0 aromatic carbocycles. The van der Waals surface area contributed by atoms with E-state index in [4.69, 9.17) is 11.7 Å². The Labute approximate surface area is 226 Å². The van der Waals surface area contributed by atoms with Gasteiger partial charge in [0.05, 0.1) is 23.3 Å². The molecule has 1 spiro atoms. The van der Waals surface area contributed by atoms with Crippen LogP contribution in [0.3, 0.4) is 0 Å². The molecule has 1 aromatic rings. The first-order valence-electron chi connectivity index (χ1n) is 15.6. The second-order valence-electron chi connectivity index (χ2n) is 12.8. The SMILES string of the molecule is C=C1[C@H](CC2CCCCC2)NC(=C)C2(CCN(Cc3c(C)nn(C4CCCCC4)c3C)CC2)N1CCC. The fourth-order valence-electron chi connectivity index (χ4n) is 8.07. The molecule has 4 fully saturated rings. The summed E-state index contributed by atoms with van der Waals surface area (Å²) in [5.41, 5.74) is 6.70. The molecule has 206 valence electrons. The topological polar surface area (TPSA) is 36.3 Å². The Morgan fingerprint density at radius 3 is 2.24 bits per heavy atom. The van der Waals surface area contributed by atoms with E-state index in [-0.39, 0.29) is 5.54 Å². The monoisotopic (exact) mass is 507 g/mol. The molecular formula is C32H53N5. The summed E-state index contributed by atoms with van der Waals surface area (Å²) in [6.07, 6.45) is 18.3. The van der Waals surface area contributed by atoms with Crippen LogP contribution in [0.4, 0.5) is 0 Å². The third kappa shape index (κ3) is 5.40.